The van der Waals surface area contributed by atoms with Gasteiger partial charge in [0.2, 0.25) is 5.91 Å². The van der Waals surface area contributed by atoms with Gasteiger partial charge in [0.25, 0.3) is 0 Å². The molecule has 0 saturated carbocycles. The van der Waals surface area contributed by atoms with E-state index in [9.17, 15) is 4.79 Å². The highest BCUT2D eigenvalue weighted by atomic mass is 16.2. The molecule has 20 heavy (non-hydrogen) atoms. The summed E-state index contributed by atoms with van der Waals surface area (Å²) in [5.74, 6) is 1.73. The van der Waals surface area contributed by atoms with Crippen LogP contribution in [0.2, 0.25) is 0 Å². The Morgan fingerprint density at radius 1 is 1.30 bits per heavy atom. The van der Waals surface area contributed by atoms with Crippen LogP contribution in [0.4, 0.5) is 0 Å². The third-order valence-electron chi connectivity index (χ3n) is 4.51. The lowest BCUT2D eigenvalue weighted by Crippen LogP contribution is -2.40. The second-order valence-electron chi connectivity index (χ2n) is 6.48. The molecule has 1 heterocycles. The molecular formula is C16H33N3O. The van der Waals surface area contributed by atoms with Crippen molar-refractivity contribution in [2.75, 3.05) is 40.3 Å². The van der Waals surface area contributed by atoms with Crippen LogP contribution in [0.1, 0.15) is 45.4 Å². The molecule has 1 rings (SSSR count). The minimum absolute atomic E-state index is 0.351. The molecule has 4 heteroatoms. The van der Waals surface area contributed by atoms with Gasteiger partial charge in [0.05, 0.1) is 0 Å². The Morgan fingerprint density at radius 2 is 1.95 bits per heavy atom. The number of rotatable bonds is 8. The van der Waals surface area contributed by atoms with E-state index in [0.717, 1.165) is 64.2 Å². The molecule has 1 aliphatic heterocycles. The first kappa shape index (κ1) is 17.4. The number of carbonyl (C=O) groups is 1. The number of likely N-dealkylation sites (tertiary alicyclic amines) is 1. The summed E-state index contributed by atoms with van der Waals surface area (Å²) >= 11 is 0. The minimum Gasteiger partial charge on any atom is -0.343 e. The van der Waals surface area contributed by atoms with Crippen LogP contribution in [0, 0.1) is 11.8 Å². The molecule has 1 amide bonds. The number of nitrogens with zero attached hydrogens (tertiary/aromatic N) is 2. The molecule has 0 aromatic heterocycles. The fourth-order valence-electron chi connectivity index (χ4n) is 3.16. The highest BCUT2D eigenvalue weighted by Gasteiger charge is 2.23. The SMILES string of the molecule is CCC(CCN)CCC(=O)N1CCC(CN(C)C)CC1. The van der Waals surface area contributed by atoms with Gasteiger partial charge in [-0.25, -0.2) is 0 Å². The van der Waals surface area contributed by atoms with E-state index in [0.29, 0.717) is 18.2 Å². The van der Waals surface area contributed by atoms with Gasteiger partial charge in [-0.05, 0) is 58.2 Å². The van der Waals surface area contributed by atoms with Crippen molar-refractivity contribution in [1.29, 1.82) is 0 Å². The summed E-state index contributed by atoms with van der Waals surface area (Å²) in [7, 11) is 4.25. The van der Waals surface area contributed by atoms with Crippen LogP contribution in [0.3, 0.4) is 0 Å². The van der Waals surface area contributed by atoms with Crippen LogP contribution in [0.15, 0.2) is 0 Å². The third-order valence-corrected chi connectivity index (χ3v) is 4.51. The van der Waals surface area contributed by atoms with Gasteiger partial charge in [0, 0.05) is 26.1 Å². The first-order valence-corrected chi connectivity index (χ1v) is 8.19. The summed E-state index contributed by atoms with van der Waals surface area (Å²) in [4.78, 5) is 16.6. The monoisotopic (exact) mass is 283 g/mol. The Kier molecular flexibility index (Phi) is 8.15. The quantitative estimate of drug-likeness (QED) is 0.740. The topological polar surface area (TPSA) is 49.6 Å². The molecule has 0 bridgehead atoms. The van der Waals surface area contributed by atoms with Crippen molar-refractivity contribution in [2.45, 2.75) is 45.4 Å². The van der Waals surface area contributed by atoms with Crippen LogP contribution in [0.25, 0.3) is 0 Å². The lowest BCUT2D eigenvalue weighted by molar-refractivity contribution is -0.133. The predicted molar refractivity (Wildman–Crippen MR) is 84.5 cm³/mol. The van der Waals surface area contributed by atoms with Gasteiger partial charge >= 0.3 is 0 Å². The molecule has 0 spiro atoms. The normalized spacial score (nSPS) is 18.6. The van der Waals surface area contributed by atoms with Crippen LogP contribution >= 0.6 is 0 Å². The van der Waals surface area contributed by atoms with Crippen molar-refractivity contribution < 1.29 is 4.79 Å². The highest BCUT2D eigenvalue weighted by molar-refractivity contribution is 5.76. The van der Waals surface area contributed by atoms with Crippen LogP contribution < -0.4 is 5.73 Å². The molecule has 1 fully saturated rings. The molecule has 0 radical (unpaired) electrons. The summed E-state index contributed by atoms with van der Waals surface area (Å²) in [6.07, 6.45) is 6.21. The summed E-state index contributed by atoms with van der Waals surface area (Å²) in [6.45, 7) is 5.98. The number of carbonyl (C=O) groups excluding carboxylic acids is 1. The number of amides is 1. The molecular weight excluding hydrogens is 250 g/mol. The Morgan fingerprint density at radius 3 is 2.45 bits per heavy atom. The van der Waals surface area contributed by atoms with E-state index >= 15 is 0 Å². The Labute approximate surface area is 124 Å². The van der Waals surface area contributed by atoms with E-state index in [4.69, 9.17) is 5.73 Å². The Bertz CT molecular complexity index is 273. The number of hydrogen-bond acceptors (Lipinski definition) is 3. The molecule has 0 aromatic carbocycles. The van der Waals surface area contributed by atoms with Gasteiger partial charge in [-0.1, -0.05) is 13.3 Å². The van der Waals surface area contributed by atoms with Crippen LogP contribution in [0.5, 0.6) is 0 Å². The average molecular weight is 283 g/mol. The number of nitrogens with two attached hydrogens (primary N) is 1. The van der Waals surface area contributed by atoms with Gasteiger partial charge < -0.3 is 15.5 Å². The van der Waals surface area contributed by atoms with E-state index in [2.05, 4.69) is 30.8 Å². The Balaban J connectivity index is 2.25. The van der Waals surface area contributed by atoms with Crippen molar-refractivity contribution >= 4 is 5.91 Å². The largest absolute Gasteiger partial charge is 0.343 e. The van der Waals surface area contributed by atoms with Gasteiger partial charge in [-0.3, -0.25) is 4.79 Å². The van der Waals surface area contributed by atoms with Crippen molar-refractivity contribution in [3.8, 4) is 0 Å². The van der Waals surface area contributed by atoms with E-state index in [1.807, 2.05) is 0 Å². The van der Waals surface area contributed by atoms with E-state index in [-0.39, 0.29) is 0 Å². The van der Waals surface area contributed by atoms with Crippen molar-refractivity contribution in [1.82, 2.24) is 9.80 Å². The zero-order valence-corrected chi connectivity index (χ0v) is 13.6. The first-order valence-electron chi connectivity index (χ1n) is 8.19. The maximum atomic E-state index is 12.2. The van der Waals surface area contributed by atoms with Crippen molar-refractivity contribution in [3.63, 3.8) is 0 Å². The molecule has 2 N–H and O–H groups in total. The lowest BCUT2D eigenvalue weighted by Gasteiger charge is -2.33. The maximum absolute atomic E-state index is 12.2. The van der Waals surface area contributed by atoms with E-state index < -0.39 is 0 Å². The standard InChI is InChI=1S/C16H33N3O/c1-4-14(7-10-17)5-6-16(20)19-11-8-15(9-12-19)13-18(2)3/h14-15H,4-13,17H2,1-3H3. The molecule has 118 valence electrons. The van der Waals surface area contributed by atoms with Crippen LogP contribution in [-0.2, 0) is 4.79 Å². The Hall–Kier alpha value is -0.610. The molecule has 1 aliphatic rings. The van der Waals surface area contributed by atoms with Gasteiger partial charge in [-0.2, -0.15) is 0 Å². The fraction of sp³-hybridized carbons (Fsp3) is 0.938. The van der Waals surface area contributed by atoms with Gasteiger partial charge in [-0.15, -0.1) is 0 Å². The number of piperidine rings is 1. The average Bonchev–Trinajstić information content (AvgIpc) is 2.43. The van der Waals surface area contributed by atoms with E-state index in [1.165, 1.54) is 0 Å². The van der Waals surface area contributed by atoms with E-state index in [1.54, 1.807) is 0 Å². The lowest BCUT2D eigenvalue weighted by atomic mass is 9.94. The molecule has 0 aliphatic carbocycles. The predicted octanol–water partition coefficient (Wildman–Crippen LogP) is 1.94. The molecule has 1 unspecified atom stereocenters. The smallest absolute Gasteiger partial charge is 0.222 e. The second-order valence-corrected chi connectivity index (χ2v) is 6.48. The van der Waals surface area contributed by atoms with Crippen molar-refractivity contribution in [2.24, 2.45) is 17.6 Å². The summed E-state index contributed by atoms with van der Waals surface area (Å²) in [5, 5.41) is 0. The highest BCUT2D eigenvalue weighted by Crippen LogP contribution is 2.20. The number of hydrogen-bond donors (Lipinski definition) is 1. The molecule has 4 nitrogen and oxygen atoms in total. The minimum atomic E-state index is 0.351. The second kappa shape index (κ2) is 9.35. The molecule has 0 aromatic rings. The zero-order valence-electron chi connectivity index (χ0n) is 13.6. The summed E-state index contributed by atoms with van der Waals surface area (Å²) < 4.78 is 0. The third kappa shape index (κ3) is 6.23. The molecule has 1 atom stereocenters. The van der Waals surface area contributed by atoms with Crippen molar-refractivity contribution in [3.05, 3.63) is 0 Å². The van der Waals surface area contributed by atoms with Gasteiger partial charge in [0.1, 0.15) is 0 Å². The maximum Gasteiger partial charge on any atom is 0.222 e. The summed E-state index contributed by atoms with van der Waals surface area (Å²) in [6, 6.07) is 0. The van der Waals surface area contributed by atoms with Gasteiger partial charge in [0.15, 0.2) is 0 Å². The summed E-state index contributed by atoms with van der Waals surface area (Å²) in [5.41, 5.74) is 5.61. The zero-order chi connectivity index (χ0) is 15.0. The first-order chi connectivity index (χ1) is 9.56. The molecule has 1 saturated heterocycles. The van der Waals surface area contributed by atoms with Crippen LogP contribution in [-0.4, -0.2) is 56.0 Å². The fourth-order valence-corrected chi connectivity index (χ4v) is 3.16.